The number of nitrogens with zero attached hydrogens (tertiary/aromatic N) is 1. The predicted molar refractivity (Wildman–Crippen MR) is 135 cm³/mol. The van der Waals surface area contributed by atoms with E-state index < -0.39 is 0 Å². The molecule has 0 atom stereocenters. The van der Waals surface area contributed by atoms with Gasteiger partial charge < -0.3 is 9.84 Å². The van der Waals surface area contributed by atoms with Crippen molar-refractivity contribution in [1.82, 2.24) is 9.97 Å². The minimum absolute atomic E-state index is 0.0529. The van der Waals surface area contributed by atoms with E-state index in [1.54, 1.807) is 11.3 Å². The van der Waals surface area contributed by atoms with Crippen LogP contribution in [0.25, 0.3) is 21.3 Å². The molecule has 0 unspecified atom stereocenters. The lowest BCUT2D eigenvalue weighted by Crippen LogP contribution is -2.03. The quantitative estimate of drug-likeness (QED) is 0.306. The lowest BCUT2D eigenvalue weighted by molar-refractivity contribution is 0.324. The molecule has 3 aromatic carbocycles. The van der Waals surface area contributed by atoms with Crippen molar-refractivity contribution in [2.45, 2.75) is 19.8 Å². The molecule has 0 amide bonds. The Morgan fingerprint density at radius 1 is 0.970 bits per heavy atom. The van der Waals surface area contributed by atoms with Gasteiger partial charge in [0.15, 0.2) is 0 Å². The van der Waals surface area contributed by atoms with Gasteiger partial charge in [-0.05, 0) is 23.9 Å². The highest BCUT2D eigenvalue weighted by atomic mass is 32.1. The number of aryl methyl sites for hydroxylation is 1. The first-order chi connectivity index (χ1) is 16.1. The number of aromatic hydroxyl groups is 1. The number of nitrogens with one attached hydrogen (secondary N) is 1. The first-order valence-electron chi connectivity index (χ1n) is 10.6. The normalized spacial score (nSPS) is 11.2. The van der Waals surface area contributed by atoms with E-state index >= 15 is 0 Å². The molecular weight excluding hydrogens is 452 g/mol. The minimum atomic E-state index is -0.250. The van der Waals surface area contributed by atoms with Gasteiger partial charge in [0.1, 0.15) is 10.8 Å². The summed E-state index contributed by atoms with van der Waals surface area (Å²) in [7, 11) is 0. The van der Waals surface area contributed by atoms with Crippen molar-refractivity contribution in [1.29, 1.82) is 0 Å². The number of rotatable bonds is 7. The summed E-state index contributed by atoms with van der Waals surface area (Å²) >= 11 is 2.75. The van der Waals surface area contributed by atoms with Crippen LogP contribution < -0.4 is 9.61 Å². The lowest BCUT2D eigenvalue weighted by atomic mass is 10.0. The number of aromatic amines is 1. The van der Waals surface area contributed by atoms with E-state index in [1.807, 2.05) is 54.6 Å². The fraction of sp³-hybridized carbons (Fsp3) is 0.154. The molecule has 0 aliphatic carbocycles. The van der Waals surface area contributed by atoms with Gasteiger partial charge in [0.25, 0.3) is 0 Å². The molecule has 2 N–H and O–H groups in total. The molecule has 33 heavy (non-hydrogen) atoms. The predicted octanol–water partition coefficient (Wildman–Crippen LogP) is 5.94. The van der Waals surface area contributed by atoms with Crippen LogP contribution in [0.5, 0.6) is 11.6 Å². The fourth-order valence-electron chi connectivity index (χ4n) is 3.88. The largest absolute Gasteiger partial charge is 0.494 e. The van der Waals surface area contributed by atoms with Crippen LogP contribution in [0.4, 0.5) is 0 Å². The van der Waals surface area contributed by atoms with Crippen molar-refractivity contribution >= 4 is 33.4 Å². The lowest BCUT2D eigenvalue weighted by Gasteiger charge is -2.12. The third-order valence-corrected chi connectivity index (χ3v) is 7.47. The second-order valence-electron chi connectivity index (χ2n) is 7.72. The SMILES string of the molecule is Cc1sc(-c2ccccc2)nc1CCOc1ccc(Cc2sc(=O)[nH]c2O)c2ccccc12. The number of aromatic nitrogens is 2. The molecule has 2 heterocycles. The van der Waals surface area contributed by atoms with Gasteiger partial charge in [-0.1, -0.05) is 72.0 Å². The smallest absolute Gasteiger partial charge is 0.307 e. The Balaban J connectivity index is 1.34. The van der Waals surface area contributed by atoms with Crippen LogP contribution in [0.1, 0.15) is 21.0 Å². The summed E-state index contributed by atoms with van der Waals surface area (Å²) in [5.41, 5.74) is 3.24. The number of hydrogen-bond donors (Lipinski definition) is 2. The highest BCUT2D eigenvalue weighted by Gasteiger charge is 2.13. The van der Waals surface area contributed by atoms with E-state index in [0.717, 1.165) is 56.1 Å². The minimum Gasteiger partial charge on any atom is -0.494 e. The number of hydrogen-bond acceptors (Lipinski definition) is 6. The van der Waals surface area contributed by atoms with E-state index in [2.05, 4.69) is 24.0 Å². The summed E-state index contributed by atoms with van der Waals surface area (Å²) in [6.07, 6.45) is 1.22. The van der Waals surface area contributed by atoms with Gasteiger partial charge in [0.05, 0.1) is 17.2 Å². The van der Waals surface area contributed by atoms with Crippen LogP contribution in [0.3, 0.4) is 0 Å². The average molecular weight is 475 g/mol. The van der Waals surface area contributed by atoms with Crippen molar-refractivity contribution in [3.8, 4) is 22.2 Å². The molecule has 0 saturated carbocycles. The molecule has 7 heteroatoms. The fourth-order valence-corrected chi connectivity index (χ4v) is 5.59. The summed E-state index contributed by atoms with van der Waals surface area (Å²) in [6.45, 7) is 2.64. The van der Waals surface area contributed by atoms with E-state index in [-0.39, 0.29) is 10.8 Å². The van der Waals surface area contributed by atoms with Crippen molar-refractivity contribution in [2.75, 3.05) is 6.61 Å². The molecular formula is C26H22N2O3S2. The summed E-state index contributed by atoms with van der Waals surface area (Å²) in [6, 6.07) is 22.3. The van der Waals surface area contributed by atoms with Crippen molar-refractivity contribution < 1.29 is 9.84 Å². The van der Waals surface area contributed by atoms with E-state index in [1.165, 1.54) is 4.88 Å². The van der Waals surface area contributed by atoms with Crippen molar-refractivity contribution in [3.05, 3.63) is 97.4 Å². The number of fused-ring (bicyclic) bond motifs is 1. The summed E-state index contributed by atoms with van der Waals surface area (Å²) in [5.74, 6) is 0.764. The van der Waals surface area contributed by atoms with E-state index in [9.17, 15) is 9.90 Å². The van der Waals surface area contributed by atoms with Crippen LogP contribution in [-0.2, 0) is 12.8 Å². The van der Waals surface area contributed by atoms with Crippen LogP contribution in [0.15, 0.2) is 71.5 Å². The Hall–Kier alpha value is -3.42. The maximum atomic E-state index is 11.5. The molecule has 0 spiro atoms. The highest BCUT2D eigenvalue weighted by molar-refractivity contribution is 7.15. The van der Waals surface area contributed by atoms with Gasteiger partial charge in [0, 0.05) is 28.7 Å². The van der Waals surface area contributed by atoms with Crippen LogP contribution in [-0.4, -0.2) is 21.7 Å². The van der Waals surface area contributed by atoms with Crippen LogP contribution >= 0.6 is 22.7 Å². The van der Waals surface area contributed by atoms with Crippen LogP contribution in [0.2, 0.25) is 0 Å². The van der Waals surface area contributed by atoms with Crippen molar-refractivity contribution in [2.24, 2.45) is 0 Å². The highest BCUT2D eigenvalue weighted by Crippen LogP contribution is 2.32. The second kappa shape index (κ2) is 9.21. The molecule has 0 aliphatic rings. The molecule has 0 fully saturated rings. The van der Waals surface area contributed by atoms with Crippen LogP contribution in [0, 0.1) is 6.92 Å². The summed E-state index contributed by atoms with van der Waals surface area (Å²) in [5, 5.41) is 13.1. The molecule has 0 bridgehead atoms. The van der Waals surface area contributed by atoms with Gasteiger partial charge in [-0.3, -0.25) is 9.78 Å². The average Bonchev–Trinajstić information content (AvgIpc) is 3.36. The Bertz CT molecular complexity index is 1470. The Morgan fingerprint density at radius 3 is 2.48 bits per heavy atom. The molecule has 0 radical (unpaired) electrons. The number of H-pyrrole nitrogens is 1. The summed E-state index contributed by atoms with van der Waals surface area (Å²) < 4.78 is 6.19. The Kier molecular flexibility index (Phi) is 5.98. The Morgan fingerprint density at radius 2 is 1.73 bits per heavy atom. The third kappa shape index (κ3) is 4.55. The van der Waals surface area contributed by atoms with E-state index in [0.29, 0.717) is 17.9 Å². The van der Waals surface area contributed by atoms with E-state index in [4.69, 9.17) is 9.72 Å². The standard InChI is InChI=1S/C26H22N2O3S2/c1-16-21(27-25(32-16)17-7-3-2-4-8-17)13-14-31-22-12-11-18(19-9-5-6-10-20(19)22)15-23-24(29)28-26(30)33-23/h2-12,29H,13-15H2,1H3,(H,28,30). The second-order valence-corrected chi connectivity index (χ2v) is 9.99. The molecule has 5 aromatic rings. The first kappa shape index (κ1) is 21.4. The summed E-state index contributed by atoms with van der Waals surface area (Å²) in [4.78, 5) is 20.4. The molecule has 166 valence electrons. The zero-order valence-electron chi connectivity index (χ0n) is 18.0. The van der Waals surface area contributed by atoms with Crippen molar-refractivity contribution in [3.63, 3.8) is 0 Å². The molecule has 0 saturated heterocycles. The Labute approximate surface area is 199 Å². The van der Waals surface area contributed by atoms with Gasteiger partial charge >= 0.3 is 4.87 Å². The number of thiazole rings is 2. The monoisotopic (exact) mass is 474 g/mol. The zero-order valence-corrected chi connectivity index (χ0v) is 19.6. The molecule has 5 rings (SSSR count). The van der Waals surface area contributed by atoms with Gasteiger partial charge in [0.2, 0.25) is 5.88 Å². The molecule has 2 aromatic heterocycles. The topological polar surface area (TPSA) is 75.2 Å². The zero-order chi connectivity index (χ0) is 22.8. The number of ether oxygens (including phenoxy) is 1. The van der Waals surface area contributed by atoms with Gasteiger partial charge in [-0.2, -0.15) is 0 Å². The molecule has 5 nitrogen and oxygen atoms in total. The van der Waals surface area contributed by atoms with Gasteiger partial charge in [-0.25, -0.2) is 4.98 Å². The molecule has 0 aliphatic heterocycles. The van der Waals surface area contributed by atoms with Gasteiger partial charge in [-0.15, -0.1) is 11.3 Å². The maximum Gasteiger partial charge on any atom is 0.307 e. The first-order valence-corrected chi connectivity index (χ1v) is 12.3. The maximum absolute atomic E-state index is 11.5. The third-order valence-electron chi connectivity index (χ3n) is 5.54. The number of benzene rings is 3.